The fraction of sp³-hybridized carbons (Fsp3) is 0.368. The molecule has 0 aromatic heterocycles. The monoisotopic (exact) mass is 354 g/mol. The van der Waals surface area contributed by atoms with Gasteiger partial charge in [-0.2, -0.15) is 0 Å². The molecule has 7 heteroatoms. The zero-order valence-electron chi connectivity index (χ0n) is 14.6. The molecule has 2 bridgehead atoms. The van der Waals surface area contributed by atoms with Gasteiger partial charge in [-0.05, 0) is 19.9 Å². The molecule has 1 saturated carbocycles. The van der Waals surface area contributed by atoms with Crippen molar-refractivity contribution < 1.29 is 19.2 Å². The highest BCUT2D eigenvalue weighted by Gasteiger charge is 2.62. The van der Waals surface area contributed by atoms with Gasteiger partial charge in [0, 0.05) is 24.0 Å². The Morgan fingerprint density at radius 2 is 1.69 bits per heavy atom. The number of hydrogen-bond acceptors (Lipinski definition) is 5. The van der Waals surface area contributed by atoms with Crippen molar-refractivity contribution in [1.29, 1.82) is 0 Å². The smallest absolute Gasteiger partial charge is 0.271 e. The summed E-state index contributed by atoms with van der Waals surface area (Å²) in [5, 5.41) is 11.1. The van der Waals surface area contributed by atoms with Crippen molar-refractivity contribution in [1.82, 2.24) is 0 Å². The minimum Gasteiger partial charge on any atom is -0.495 e. The molecule has 7 nitrogen and oxygen atoms in total. The number of ether oxygens (including phenoxy) is 1. The lowest BCUT2D eigenvalue weighted by Gasteiger charge is -2.21. The Bertz CT molecular complexity index is 879. The second-order valence-electron chi connectivity index (χ2n) is 7.07. The van der Waals surface area contributed by atoms with Crippen molar-refractivity contribution in [2.24, 2.45) is 23.7 Å². The number of non-ortho nitro benzene ring substituents is 1. The number of carbonyl (C=O) groups excluding carboxylic acids is 2. The molecule has 2 aliphatic carbocycles. The summed E-state index contributed by atoms with van der Waals surface area (Å²) in [4.78, 5) is 37.9. The third-order valence-corrected chi connectivity index (χ3v) is 5.61. The van der Waals surface area contributed by atoms with Gasteiger partial charge in [-0.15, -0.1) is 0 Å². The molecule has 0 N–H and O–H groups in total. The third-order valence-electron chi connectivity index (χ3n) is 5.61. The van der Waals surface area contributed by atoms with Crippen LogP contribution in [0.5, 0.6) is 5.75 Å². The van der Waals surface area contributed by atoms with Gasteiger partial charge in [0.05, 0.1) is 23.9 Å². The Hall–Kier alpha value is -2.96. The van der Waals surface area contributed by atoms with E-state index in [0.717, 1.165) is 16.0 Å². The van der Waals surface area contributed by atoms with Crippen molar-refractivity contribution in [3.05, 3.63) is 51.6 Å². The van der Waals surface area contributed by atoms with E-state index >= 15 is 0 Å². The van der Waals surface area contributed by atoms with Gasteiger partial charge in [0.1, 0.15) is 11.4 Å². The van der Waals surface area contributed by atoms with Gasteiger partial charge in [-0.3, -0.25) is 19.7 Å². The molecule has 1 aromatic carbocycles. The molecular formula is C19H18N2O5. The van der Waals surface area contributed by atoms with Gasteiger partial charge in [0.15, 0.2) is 0 Å². The molecule has 1 saturated heterocycles. The predicted molar refractivity (Wildman–Crippen MR) is 93.6 cm³/mol. The molecule has 2 fully saturated rings. The second-order valence-corrected chi connectivity index (χ2v) is 7.07. The quantitative estimate of drug-likeness (QED) is 0.360. The topological polar surface area (TPSA) is 89.8 Å². The summed E-state index contributed by atoms with van der Waals surface area (Å²) in [5.74, 6) is -1.37. The van der Waals surface area contributed by atoms with Crippen LogP contribution in [0.1, 0.15) is 13.8 Å². The lowest BCUT2D eigenvalue weighted by atomic mass is 9.85. The Morgan fingerprint density at radius 1 is 1.12 bits per heavy atom. The number of allylic oxidation sites excluding steroid dienone is 4. The molecule has 0 unspecified atom stereocenters. The van der Waals surface area contributed by atoms with Crippen LogP contribution in [-0.4, -0.2) is 23.8 Å². The van der Waals surface area contributed by atoms with Gasteiger partial charge in [-0.25, -0.2) is 4.90 Å². The van der Waals surface area contributed by atoms with E-state index in [4.69, 9.17) is 4.74 Å². The van der Waals surface area contributed by atoms with Crippen molar-refractivity contribution in [2.45, 2.75) is 13.8 Å². The van der Waals surface area contributed by atoms with Crippen molar-refractivity contribution in [3.63, 3.8) is 0 Å². The van der Waals surface area contributed by atoms with E-state index in [9.17, 15) is 19.7 Å². The molecule has 3 aliphatic rings. The third kappa shape index (κ3) is 2.00. The Kier molecular flexibility index (Phi) is 3.50. The number of rotatable bonds is 3. The fourth-order valence-electron chi connectivity index (χ4n) is 4.63. The SMILES string of the molecule is COc1ccc([N+](=O)[O-])cc1N1C(=O)[C@H]2[C@H](C1=O)[C@@H]1C=C[C@@H]2C1=C(C)C. The van der Waals surface area contributed by atoms with Gasteiger partial charge in [0.25, 0.3) is 5.69 Å². The van der Waals surface area contributed by atoms with Crippen LogP contribution in [0.25, 0.3) is 0 Å². The van der Waals surface area contributed by atoms with E-state index in [2.05, 4.69) is 0 Å². The number of hydrogen-bond donors (Lipinski definition) is 0. The predicted octanol–water partition coefficient (Wildman–Crippen LogP) is 2.86. The van der Waals surface area contributed by atoms with Crippen LogP contribution in [0.4, 0.5) is 11.4 Å². The van der Waals surface area contributed by atoms with Crippen LogP contribution in [0.2, 0.25) is 0 Å². The summed E-state index contributed by atoms with van der Waals surface area (Å²) < 4.78 is 5.25. The summed E-state index contributed by atoms with van der Waals surface area (Å²) in [6, 6.07) is 3.93. The minimum absolute atomic E-state index is 0.0684. The van der Waals surface area contributed by atoms with Crippen LogP contribution in [0.15, 0.2) is 41.5 Å². The number of benzene rings is 1. The molecule has 0 spiro atoms. The number of nitrogens with zero attached hydrogens (tertiary/aromatic N) is 2. The molecule has 0 radical (unpaired) electrons. The Balaban J connectivity index is 1.80. The summed E-state index contributed by atoms with van der Waals surface area (Å²) >= 11 is 0. The molecular weight excluding hydrogens is 336 g/mol. The standard InChI is InChI=1S/C19H18N2O5/c1-9(2)15-11-5-6-12(15)17-16(11)18(22)20(19(17)23)13-8-10(21(24)25)4-7-14(13)26-3/h4-8,11-12,16-17H,1-3H3/t11-,12-,16-,17-/m1/s1. The maximum absolute atomic E-state index is 13.1. The van der Waals surface area contributed by atoms with E-state index in [1.54, 1.807) is 0 Å². The average molecular weight is 354 g/mol. The fourth-order valence-corrected chi connectivity index (χ4v) is 4.63. The molecule has 1 aromatic rings. The number of nitro groups is 1. The number of nitro benzene ring substituents is 1. The number of fused-ring (bicyclic) bond motifs is 5. The lowest BCUT2D eigenvalue weighted by Crippen LogP contribution is -2.33. The minimum atomic E-state index is -0.554. The Labute approximate surface area is 150 Å². The largest absolute Gasteiger partial charge is 0.495 e. The van der Waals surface area contributed by atoms with Crippen LogP contribution in [0.3, 0.4) is 0 Å². The van der Waals surface area contributed by atoms with Crippen molar-refractivity contribution >= 4 is 23.2 Å². The summed E-state index contributed by atoms with van der Waals surface area (Å²) in [5.41, 5.74) is 2.25. The first-order valence-electron chi connectivity index (χ1n) is 8.42. The first kappa shape index (κ1) is 16.5. The van der Waals surface area contributed by atoms with E-state index in [1.807, 2.05) is 26.0 Å². The molecule has 2 amide bonds. The van der Waals surface area contributed by atoms with Crippen molar-refractivity contribution in [2.75, 3.05) is 12.0 Å². The van der Waals surface area contributed by atoms with Gasteiger partial charge < -0.3 is 4.74 Å². The number of imide groups is 1. The number of anilines is 1. The lowest BCUT2D eigenvalue weighted by molar-refractivity contribution is -0.384. The maximum Gasteiger partial charge on any atom is 0.271 e. The molecule has 1 heterocycles. The second kappa shape index (κ2) is 5.52. The molecule has 4 atom stereocenters. The number of methoxy groups -OCH3 is 1. The number of carbonyl (C=O) groups is 2. The highest BCUT2D eigenvalue weighted by molar-refractivity contribution is 6.24. The van der Waals surface area contributed by atoms with Gasteiger partial charge in [0.2, 0.25) is 11.8 Å². The van der Waals surface area contributed by atoms with Crippen LogP contribution in [0, 0.1) is 33.8 Å². The molecule has 1 aliphatic heterocycles. The maximum atomic E-state index is 13.1. The van der Waals surface area contributed by atoms with Gasteiger partial charge >= 0.3 is 0 Å². The highest BCUT2D eigenvalue weighted by atomic mass is 16.6. The van der Waals surface area contributed by atoms with Gasteiger partial charge in [-0.1, -0.05) is 23.3 Å². The highest BCUT2D eigenvalue weighted by Crippen LogP contribution is 2.57. The molecule has 4 rings (SSSR count). The van der Waals surface area contributed by atoms with Crippen LogP contribution < -0.4 is 9.64 Å². The Morgan fingerprint density at radius 3 is 2.15 bits per heavy atom. The summed E-state index contributed by atoms with van der Waals surface area (Å²) in [6.45, 7) is 4.00. The van der Waals surface area contributed by atoms with Crippen molar-refractivity contribution in [3.8, 4) is 5.75 Å². The normalized spacial score (nSPS) is 28.7. The van der Waals surface area contributed by atoms with Crippen LogP contribution >= 0.6 is 0 Å². The van der Waals surface area contributed by atoms with Crippen LogP contribution in [-0.2, 0) is 9.59 Å². The summed E-state index contributed by atoms with van der Waals surface area (Å²) in [7, 11) is 1.41. The first-order chi connectivity index (χ1) is 12.4. The van der Waals surface area contributed by atoms with E-state index < -0.39 is 16.8 Å². The summed E-state index contributed by atoms with van der Waals surface area (Å²) in [6.07, 6.45) is 4.01. The number of amides is 2. The zero-order chi connectivity index (χ0) is 18.7. The van der Waals surface area contributed by atoms with E-state index in [1.165, 1.54) is 25.3 Å². The average Bonchev–Trinajstić information content (AvgIpc) is 3.24. The first-order valence-corrected chi connectivity index (χ1v) is 8.42. The molecule has 134 valence electrons. The zero-order valence-corrected chi connectivity index (χ0v) is 14.6. The van der Waals surface area contributed by atoms with E-state index in [0.29, 0.717) is 0 Å². The van der Waals surface area contributed by atoms with E-state index in [-0.39, 0.29) is 40.8 Å². The molecule has 26 heavy (non-hydrogen) atoms.